The molecule has 1 amide bonds. The molecule has 1 aliphatic rings. The molecule has 0 saturated carbocycles. The number of carbonyl (C=O) groups excluding carboxylic acids is 1. The molecule has 320 valence electrons. The lowest BCUT2D eigenvalue weighted by atomic mass is 9.99. The highest BCUT2D eigenvalue weighted by molar-refractivity contribution is 5.76. The topological polar surface area (TPSA) is 149 Å². The largest absolute Gasteiger partial charge is 0.394 e. The average Bonchev–Trinajstić information content (AvgIpc) is 3.18. The van der Waals surface area contributed by atoms with E-state index in [0.29, 0.717) is 6.42 Å². The predicted molar refractivity (Wildman–Crippen MR) is 226 cm³/mol. The average molecular weight is 778 g/mol. The Morgan fingerprint density at radius 3 is 1.55 bits per heavy atom. The molecule has 55 heavy (non-hydrogen) atoms. The van der Waals surface area contributed by atoms with Crippen molar-refractivity contribution in [3.8, 4) is 0 Å². The molecule has 9 heteroatoms. The van der Waals surface area contributed by atoms with Gasteiger partial charge < -0.3 is 40.3 Å². The molecular weight excluding hydrogens is 695 g/mol. The van der Waals surface area contributed by atoms with Crippen LogP contribution in [-0.2, 0) is 14.3 Å². The third kappa shape index (κ3) is 27.4. The summed E-state index contributed by atoms with van der Waals surface area (Å²) in [5.74, 6) is -0.198. The Kier molecular flexibility index (Phi) is 33.9. The van der Waals surface area contributed by atoms with Gasteiger partial charge >= 0.3 is 0 Å². The Labute approximate surface area is 335 Å². The molecule has 0 spiro atoms. The van der Waals surface area contributed by atoms with Gasteiger partial charge in [0.2, 0.25) is 5.91 Å². The third-order valence-electron chi connectivity index (χ3n) is 10.4. The number of aliphatic hydroxyl groups excluding tert-OH is 5. The van der Waals surface area contributed by atoms with E-state index in [2.05, 4.69) is 55.6 Å². The lowest BCUT2D eigenvalue weighted by Gasteiger charge is -2.40. The SMILES string of the molecule is CCCCCC/C=C/CC/C=C/CC/C=C/C(O)C(COC1OC(CO)C(O)C(O)C1O)NC(=O)CCCCCCCCC/C=C\CCCCCCCCC. The maximum absolute atomic E-state index is 12.9. The van der Waals surface area contributed by atoms with Crippen molar-refractivity contribution in [2.75, 3.05) is 13.2 Å². The number of nitrogens with one attached hydrogen (secondary N) is 1. The van der Waals surface area contributed by atoms with Crippen molar-refractivity contribution in [2.45, 2.75) is 224 Å². The summed E-state index contributed by atoms with van der Waals surface area (Å²) >= 11 is 0. The summed E-state index contributed by atoms with van der Waals surface area (Å²) in [5.41, 5.74) is 0. The molecule has 6 N–H and O–H groups in total. The molecule has 1 fully saturated rings. The number of hydrogen-bond acceptors (Lipinski definition) is 8. The van der Waals surface area contributed by atoms with E-state index in [1.54, 1.807) is 6.08 Å². The zero-order chi connectivity index (χ0) is 40.2. The third-order valence-corrected chi connectivity index (χ3v) is 10.4. The van der Waals surface area contributed by atoms with Gasteiger partial charge in [0.25, 0.3) is 0 Å². The lowest BCUT2D eigenvalue weighted by Crippen LogP contribution is -2.60. The van der Waals surface area contributed by atoms with Crippen molar-refractivity contribution in [1.82, 2.24) is 5.32 Å². The summed E-state index contributed by atoms with van der Waals surface area (Å²) in [6.45, 7) is 3.71. The summed E-state index contributed by atoms with van der Waals surface area (Å²) in [5, 5.41) is 54.1. The van der Waals surface area contributed by atoms with Crippen LogP contribution in [-0.4, -0.2) is 87.5 Å². The number of aliphatic hydroxyl groups is 5. The van der Waals surface area contributed by atoms with Crippen molar-refractivity contribution in [2.24, 2.45) is 0 Å². The normalized spacial score (nSPS) is 21.8. The van der Waals surface area contributed by atoms with Crippen LogP contribution in [0.4, 0.5) is 0 Å². The minimum absolute atomic E-state index is 0.198. The maximum Gasteiger partial charge on any atom is 0.220 e. The van der Waals surface area contributed by atoms with Gasteiger partial charge in [0.1, 0.15) is 24.4 Å². The van der Waals surface area contributed by atoms with Crippen LogP contribution in [0.2, 0.25) is 0 Å². The number of carbonyl (C=O) groups is 1. The van der Waals surface area contributed by atoms with Crippen LogP contribution < -0.4 is 5.32 Å². The molecule has 1 aliphatic heterocycles. The molecule has 0 radical (unpaired) electrons. The highest BCUT2D eigenvalue weighted by Crippen LogP contribution is 2.22. The standard InChI is InChI=1S/C46H83NO8/c1-3-5-7-9-11-13-15-17-19-20-21-22-24-26-28-30-32-34-36-42(50)47-39(38-54-46-45(53)44(52)43(51)41(37-48)55-46)40(49)35-33-31-29-27-25-23-18-16-14-12-10-8-6-4-2/h14,16,19-20,25,27,33,35,39-41,43-46,48-49,51-53H,3-13,15,17-18,21-24,26,28-32,34,36-38H2,1-2H3,(H,47,50)/b16-14+,20-19-,27-25+,35-33+. The Morgan fingerprint density at radius 1 is 0.600 bits per heavy atom. The smallest absolute Gasteiger partial charge is 0.220 e. The van der Waals surface area contributed by atoms with Gasteiger partial charge in [0, 0.05) is 6.42 Å². The highest BCUT2D eigenvalue weighted by Gasteiger charge is 2.44. The summed E-state index contributed by atoms with van der Waals surface area (Å²) in [6, 6.07) is -0.829. The van der Waals surface area contributed by atoms with Crippen LogP contribution >= 0.6 is 0 Å². The van der Waals surface area contributed by atoms with Crippen LogP contribution in [0.15, 0.2) is 48.6 Å². The first kappa shape index (κ1) is 51.2. The number of allylic oxidation sites excluding steroid dienone is 7. The first-order chi connectivity index (χ1) is 26.8. The number of rotatable bonds is 36. The van der Waals surface area contributed by atoms with E-state index < -0.39 is 49.5 Å². The van der Waals surface area contributed by atoms with Crippen LogP contribution in [0.3, 0.4) is 0 Å². The Hall–Kier alpha value is -1.85. The molecule has 1 rings (SSSR count). The second-order valence-electron chi connectivity index (χ2n) is 15.5. The van der Waals surface area contributed by atoms with Crippen LogP contribution in [0.5, 0.6) is 0 Å². The fraction of sp³-hybridized carbons (Fsp3) is 0.804. The van der Waals surface area contributed by atoms with Gasteiger partial charge in [0.05, 0.1) is 25.4 Å². The Balaban J connectivity index is 2.40. The van der Waals surface area contributed by atoms with Gasteiger partial charge in [-0.2, -0.15) is 0 Å². The van der Waals surface area contributed by atoms with E-state index in [9.17, 15) is 30.3 Å². The molecule has 0 aromatic heterocycles. The summed E-state index contributed by atoms with van der Waals surface area (Å²) in [6.07, 6.45) is 38.6. The zero-order valence-corrected chi connectivity index (χ0v) is 34.9. The number of unbranched alkanes of at least 4 members (excludes halogenated alkanes) is 20. The van der Waals surface area contributed by atoms with Gasteiger partial charge in [-0.05, 0) is 70.6 Å². The fourth-order valence-corrected chi connectivity index (χ4v) is 6.71. The molecule has 0 aliphatic carbocycles. The first-order valence-electron chi connectivity index (χ1n) is 22.4. The predicted octanol–water partition coefficient (Wildman–Crippen LogP) is 9.06. The van der Waals surface area contributed by atoms with E-state index in [1.165, 1.54) is 96.3 Å². The summed E-state index contributed by atoms with van der Waals surface area (Å²) in [4.78, 5) is 12.9. The monoisotopic (exact) mass is 778 g/mol. The van der Waals surface area contributed by atoms with E-state index in [4.69, 9.17) is 9.47 Å². The van der Waals surface area contributed by atoms with Crippen LogP contribution in [0.25, 0.3) is 0 Å². The molecule has 0 aromatic carbocycles. The van der Waals surface area contributed by atoms with Crippen LogP contribution in [0, 0.1) is 0 Å². The van der Waals surface area contributed by atoms with Gasteiger partial charge in [0.15, 0.2) is 6.29 Å². The Morgan fingerprint density at radius 2 is 1.04 bits per heavy atom. The maximum atomic E-state index is 12.9. The molecule has 1 heterocycles. The Bertz CT molecular complexity index is 998. The number of amides is 1. The molecule has 1 saturated heterocycles. The minimum Gasteiger partial charge on any atom is -0.394 e. The first-order valence-corrected chi connectivity index (χ1v) is 22.4. The van der Waals surface area contributed by atoms with Crippen LogP contribution in [0.1, 0.15) is 181 Å². The van der Waals surface area contributed by atoms with Crippen molar-refractivity contribution >= 4 is 5.91 Å². The minimum atomic E-state index is -1.57. The molecule has 7 unspecified atom stereocenters. The molecule has 7 atom stereocenters. The number of hydrogen-bond donors (Lipinski definition) is 6. The van der Waals surface area contributed by atoms with Gasteiger partial charge in [-0.3, -0.25) is 4.79 Å². The lowest BCUT2D eigenvalue weighted by molar-refractivity contribution is -0.302. The van der Waals surface area contributed by atoms with Gasteiger partial charge in [-0.15, -0.1) is 0 Å². The van der Waals surface area contributed by atoms with E-state index in [-0.39, 0.29) is 12.5 Å². The van der Waals surface area contributed by atoms with E-state index in [1.807, 2.05) is 6.08 Å². The van der Waals surface area contributed by atoms with Gasteiger partial charge in [-0.1, -0.05) is 152 Å². The van der Waals surface area contributed by atoms with Crippen molar-refractivity contribution in [3.05, 3.63) is 48.6 Å². The highest BCUT2D eigenvalue weighted by atomic mass is 16.7. The number of ether oxygens (including phenoxy) is 2. The van der Waals surface area contributed by atoms with Crippen molar-refractivity contribution in [1.29, 1.82) is 0 Å². The second-order valence-corrected chi connectivity index (χ2v) is 15.5. The van der Waals surface area contributed by atoms with Crippen molar-refractivity contribution in [3.63, 3.8) is 0 Å². The quantitative estimate of drug-likeness (QED) is 0.0273. The van der Waals surface area contributed by atoms with Gasteiger partial charge in [-0.25, -0.2) is 0 Å². The van der Waals surface area contributed by atoms with E-state index >= 15 is 0 Å². The molecule has 9 nitrogen and oxygen atoms in total. The molecule has 0 bridgehead atoms. The fourth-order valence-electron chi connectivity index (χ4n) is 6.71. The molecular formula is C46H83NO8. The summed E-state index contributed by atoms with van der Waals surface area (Å²) in [7, 11) is 0. The van der Waals surface area contributed by atoms with Crippen molar-refractivity contribution < 1.29 is 39.8 Å². The van der Waals surface area contributed by atoms with E-state index in [0.717, 1.165) is 64.2 Å². The second kappa shape index (κ2) is 36.5. The summed E-state index contributed by atoms with van der Waals surface area (Å²) < 4.78 is 11.2. The zero-order valence-electron chi connectivity index (χ0n) is 34.9. The molecule has 0 aromatic rings.